The van der Waals surface area contributed by atoms with E-state index >= 15 is 0 Å². The van der Waals surface area contributed by atoms with Crippen LogP contribution < -0.4 is 27.6 Å². The van der Waals surface area contributed by atoms with Crippen molar-refractivity contribution < 1.29 is 14.4 Å². The lowest BCUT2D eigenvalue weighted by molar-refractivity contribution is -0.130. The van der Waals surface area contributed by atoms with Crippen LogP contribution in [0.5, 0.6) is 0 Å². The van der Waals surface area contributed by atoms with Gasteiger partial charge in [-0.1, -0.05) is 24.8 Å². The third-order valence-electron chi connectivity index (χ3n) is 8.01. The molecule has 1 saturated heterocycles. The molecule has 0 bridgehead atoms. The minimum absolute atomic E-state index is 0.0509. The molecule has 0 saturated carbocycles. The van der Waals surface area contributed by atoms with Crippen molar-refractivity contribution in [2.75, 3.05) is 20.1 Å². The molecular weight excluding hydrogens is 506 g/mol. The molecule has 0 radical (unpaired) electrons. The van der Waals surface area contributed by atoms with Crippen LogP contribution in [0.3, 0.4) is 0 Å². The zero-order valence-corrected chi connectivity index (χ0v) is 23.0. The quantitative estimate of drug-likeness (QED) is 0.297. The minimum Gasteiger partial charge on any atom is -0.399 e. The normalized spacial score (nSPS) is 20.4. The van der Waals surface area contributed by atoms with Gasteiger partial charge in [-0.25, -0.2) is 5.43 Å². The second-order valence-corrected chi connectivity index (χ2v) is 10.6. The summed E-state index contributed by atoms with van der Waals surface area (Å²) in [6, 6.07) is 12.5. The van der Waals surface area contributed by atoms with Crippen LogP contribution in [0.2, 0.25) is 0 Å². The first-order chi connectivity index (χ1) is 19.1. The lowest BCUT2D eigenvalue weighted by Gasteiger charge is -2.37. The predicted octanol–water partition coefficient (Wildman–Crippen LogP) is 1.23. The van der Waals surface area contributed by atoms with Crippen LogP contribution in [0.1, 0.15) is 64.4 Å². The van der Waals surface area contributed by atoms with Gasteiger partial charge >= 0.3 is 0 Å². The summed E-state index contributed by atoms with van der Waals surface area (Å²) >= 11 is 0. The third kappa shape index (κ3) is 5.43. The maximum absolute atomic E-state index is 14.2. The van der Waals surface area contributed by atoms with Gasteiger partial charge in [0.25, 0.3) is 0 Å². The van der Waals surface area contributed by atoms with Gasteiger partial charge in [0.2, 0.25) is 17.7 Å². The van der Waals surface area contributed by atoms with E-state index in [1.54, 1.807) is 24.1 Å². The molecule has 10 nitrogen and oxygen atoms in total. The van der Waals surface area contributed by atoms with Crippen LogP contribution in [-0.2, 0) is 27.8 Å². The third-order valence-corrected chi connectivity index (χ3v) is 8.01. The van der Waals surface area contributed by atoms with E-state index in [-0.39, 0.29) is 24.4 Å². The molecule has 1 unspecified atom stereocenters. The van der Waals surface area contributed by atoms with Crippen molar-refractivity contribution in [3.05, 3.63) is 76.4 Å². The Balaban J connectivity index is 1.78. The number of nitrogens with two attached hydrogens (primary N) is 2. The van der Waals surface area contributed by atoms with Crippen molar-refractivity contribution in [1.82, 2.24) is 21.1 Å². The maximum Gasteiger partial charge on any atom is 0.249 e. The number of rotatable bonds is 9. The van der Waals surface area contributed by atoms with Crippen molar-refractivity contribution in [2.45, 2.75) is 56.5 Å². The van der Waals surface area contributed by atoms with Crippen LogP contribution in [0.25, 0.3) is 5.70 Å². The summed E-state index contributed by atoms with van der Waals surface area (Å²) in [4.78, 5) is 40.7. The smallest absolute Gasteiger partial charge is 0.249 e. The van der Waals surface area contributed by atoms with Gasteiger partial charge in [-0.05, 0) is 85.0 Å². The van der Waals surface area contributed by atoms with Crippen molar-refractivity contribution in [2.24, 2.45) is 11.5 Å². The number of nitriles is 1. The minimum atomic E-state index is -1.17. The largest absolute Gasteiger partial charge is 0.399 e. The van der Waals surface area contributed by atoms with E-state index in [1.807, 2.05) is 31.2 Å². The average molecular weight is 544 g/mol. The topological polar surface area (TPSA) is 166 Å². The molecule has 0 spiro atoms. The highest BCUT2D eigenvalue weighted by atomic mass is 16.2. The van der Waals surface area contributed by atoms with Gasteiger partial charge in [0, 0.05) is 30.9 Å². The summed E-state index contributed by atoms with van der Waals surface area (Å²) in [5.74, 6) is -0.944. The van der Waals surface area contributed by atoms with Crippen molar-refractivity contribution >= 4 is 23.4 Å². The molecule has 7 N–H and O–H groups in total. The summed E-state index contributed by atoms with van der Waals surface area (Å²) in [6.07, 6.45) is 3.01. The fraction of sp³-hybridized carbons (Fsp3) is 0.400. The first kappa shape index (κ1) is 28.8. The van der Waals surface area contributed by atoms with Crippen LogP contribution in [0.4, 0.5) is 0 Å². The summed E-state index contributed by atoms with van der Waals surface area (Å²) in [6.45, 7) is 6.43. The lowest BCUT2D eigenvalue weighted by Crippen LogP contribution is -2.53. The Kier molecular flexibility index (Phi) is 8.57. The fourth-order valence-electron chi connectivity index (χ4n) is 6.07. The van der Waals surface area contributed by atoms with Crippen molar-refractivity contribution in [3.63, 3.8) is 0 Å². The molecule has 1 aliphatic carbocycles. The maximum atomic E-state index is 14.2. The molecule has 2 aromatic rings. The number of carbonyl (C=O) groups excluding carboxylic acids is 3. The highest BCUT2D eigenvalue weighted by Crippen LogP contribution is 2.44. The second kappa shape index (κ2) is 11.9. The summed E-state index contributed by atoms with van der Waals surface area (Å²) in [5, 5.41) is 12.7. The Morgan fingerprint density at radius 3 is 2.33 bits per heavy atom. The number of primary amides is 1. The highest BCUT2D eigenvalue weighted by molar-refractivity contribution is 5.96. The zero-order chi connectivity index (χ0) is 29.0. The van der Waals surface area contributed by atoms with E-state index in [9.17, 15) is 19.6 Å². The van der Waals surface area contributed by atoms with Crippen LogP contribution in [0.15, 0.2) is 43.0 Å². The molecule has 4 rings (SSSR count). The highest BCUT2D eigenvalue weighted by Gasteiger charge is 2.47. The number of amides is 3. The van der Waals surface area contributed by atoms with Crippen LogP contribution >= 0.6 is 0 Å². The van der Waals surface area contributed by atoms with E-state index in [0.29, 0.717) is 43.5 Å². The fourth-order valence-corrected chi connectivity index (χ4v) is 6.07. The van der Waals surface area contributed by atoms with E-state index in [0.717, 1.165) is 34.2 Å². The number of aryl methyl sites for hydroxylation is 2. The number of hydrazine groups is 1. The van der Waals surface area contributed by atoms with E-state index < -0.39 is 17.4 Å². The Bertz CT molecular complexity index is 1310. The standard InChI is InChI=1S/C30H37N7O3/c1-18(35-17-27(38)37-12-4-5-24(37)16-31)15-30(29(40)36-34-3)25-10-8-20(19(2)32)13-21(25)6-7-22-14-23(28(33)39)9-11-26(22)30/h8-11,13-14,18,24,34-35H,2,4-7,12,15,17,32H2,1,3H3,(H2,33,39)(H,36,40)/t18-,24+,30?/m1/s1. The molecule has 0 aromatic heterocycles. The Morgan fingerprint density at radius 2 is 1.75 bits per heavy atom. The van der Waals surface area contributed by atoms with Crippen LogP contribution in [0, 0.1) is 11.3 Å². The van der Waals surface area contributed by atoms with Gasteiger partial charge in [0.1, 0.15) is 11.5 Å². The molecule has 40 heavy (non-hydrogen) atoms. The monoisotopic (exact) mass is 543 g/mol. The molecule has 2 aromatic carbocycles. The first-order valence-corrected chi connectivity index (χ1v) is 13.5. The van der Waals surface area contributed by atoms with Gasteiger partial charge in [-0.2, -0.15) is 5.26 Å². The Labute approximate surface area is 234 Å². The first-order valence-electron chi connectivity index (χ1n) is 13.5. The van der Waals surface area contributed by atoms with Gasteiger partial charge in [-0.15, -0.1) is 0 Å². The molecule has 10 heteroatoms. The number of hydrogen-bond donors (Lipinski definition) is 5. The second-order valence-electron chi connectivity index (χ2n) is 10.6. The molecule has 1 heterocycles. The van der Waals surface area contributed by atoms with Crippen LogP contribution in [-0.4, -0.2) is 54.8 Å². The molecule has 210 valence electrons. The summed E-state index contributed by atoms with van der Waals surface area (Å²) in [7, 11) is 1.63. The van der Waals surface area contributed by atoms with Crippen molar-refractivity contribution in [3.8, 4) is 6.07 Å². The molecule has 3 atom stereocenters. The van der Waals surface area contributed by atoms with E-state index in [1.165, 1.54) is 0 Å². The molecule has 1 fully saturated rings. The Hall–Kier alpha value is -4.20. The van der Waals surface area contributed by atoms with Gasteiger partial charge in [0.05, 0.1) is 12.6 Å². The van der Waals surface area contributed by atoms with E-state index in [4.69, 9.17) is 11.5 Å². The average Bonchev–Trinajstić information content (AvgIpc) is 3.37. The number of nitrogens with one attached hydrogen (secondary N) is 3. The van der Waals surface area contributed by atoms with Gasteiger partial charge in [-0.3, -0.25) is 19.8 Å². The molecule has 2 aliphatic rings. The lowest BCUT2D eigenvalue weighted by atomic mass is 9.67. The number of benzene rings is 2. The number of fused-ring (bicyclic) bond motifs is 2. The van der Waals surface area contributed by atoms with Gasteiger partial charge in [0.15, 0.2) is 0 Å². The molecule has 3 amide bonds. The number of nitrogens with zero attached hydrogens (tertiary/aromatic N) is 2. The SMILES string of the molecule is C=C(N)c1ccc2c(c1)CCc1cc(C(N)=O)ccc1C2(C[C@@H](C)NCC(=O)N1CCC[C@H]1C#N)C(=O)NNC. The molecular formula is C30H37N7O3. The predicted molar refractivity (Wildman–Crippen MR) is 152 cm³/mol. The summed E-state index contributed by atoms with van der Waals surface area (Å²) in [5.41, 5.74) is 21.0. The summed E-state index contributed by atoms with van der Waals surface area (Å²) < 4.78 is 0. The molecule has 1 aliphatic heterocycles. The number of likely N-dealkylation sites (tertiary alicyclic amines) is 1. The van der Waals surface area contributed by atoms with E-state index in [2.05, 4.69) is 28.8 Å². The van der Waals surface area contributed by atoms with Gasteiger partial charge < -0.3 is 21.7 Å². The zero-order valence-electron chi connectivity index (χ0n) is 23.0. The number of hydrogen-bond acceptors (Lipinski definition) is 7. The van der Waals surface area contributed by atoms with Crippen molar-refractivity contribution in [1.29, 1.82) is 5.26 Å². The Morgan fingerprint density at radius 1 is 1.12 bits per heavy atom. The number of carbonyl (C=O) groups is 3.